The van der Waals surface area contributed by atoms with E-state index in [9.17, 15) is 42.7 Å². The predicted molar refractivity (Wildman–Crippen MR) is 282 cm³/mol. The van der Waals surface area contributed by atoms with Gasteiger partial charge in [0.05, 0.1) is 23.7 Å². The lowest BCUT2D eigenvalue weighted by Crippen LogP contribution is -2.28. The van der Waals surface area contributed by atoms with Crippen LogP contribution in [0.15, 0.2) is 115 Å². The Balaban J connectivity index is 0.000000324. The molecule has 0 atom stereocenters. The van der Waals surface area contributed by atoms with Crippen LogP contribution in [0, 0.1) is 40.3 Å². The number of carbonyl (C=O) groups excluding carboxylic acids is 8. The Labute approximate surface area is 423 Å². The Morgan fingerprint density at radius 3 is 1.14 bits per heavy atom. The molecule has 0 spiro atoms. The smallest absolute Gasteiger partial charge is 0.234 e. The Bertz CT molecular complexity index is 2330. The van der Waals surface area contributed by atoms with Gasteiger partial charge in [0, 0.05) is 57.7 Å². The molecule has 0 radical (unpaired) electrons. The first-order valence-corrected chi connectivity index (χ1v) is 24.9. The summed E-state index contributed by atoms with van der Waals surface area (Å²) < 4.78 is 12.8. The number of anilines is 1. The van der Waals surface area contributed by atoms with Crippen molar-refractivity contribution in [3.8, 4) is 0 Å². The molecule has 1 amide bonds. The molecule has 4 aromatic rings. The van der Waals surface area contributed by atoms with Crippen LogP contribution in [0.5, 0.6) is 0 Å². The number of hydrogen-bond donors (Lipinski definition) is 0. The van der Waals surface area contributed by atoms with E-state index in [0.29, 0.717) is 69.1 Å². The van der Waals surface area contributed by atoms with E-state index in [-0.39, 0.29) is 84.8 Å². The molecule has 2 saturated carbocycles. The Morgan fingerprint density at radius 2 is 0.775 bits per heavy atom. The van der Waals surface area contributed by atoms with Crippen LogP contribution in [0.4, 0.5) is 10.1 Å². The summed E-state index contributed by atoms with van der Waals surface area (Å²) >= 11 is 0. The van der Waals surface area contributed by atoms with Gasteiger partial charge in [-0.15, -0.1) is 0 Å². The van der Waals surface area contributed by atoms with Crippen molar-refractivity contribution in [2.75, 3.05) is 11.9 Å². The third-order valence-corrected chi connectivity index (χ3v) is 12.1. The number of Topliss-reactive ketones (excluding diaryl/α,β-unsaturated/α-hetero) is 7. The molecule has 0 aromatic heterocycles. The minimum Gasteiger partial charge on any atom is -0.315 e. The molecule has 6 rings (SSSR count). The average Bonchev–Trinajstić information content (AvgIpc) is 4.23. The molecular weight excluding hydrogens is 894 g/mol. The lowest BCUT2D eigenvalue weighted by molar-refractivity contribution is -0.136. The molecular formula is C61H80FNO8. The maximum absolute atomic E-state index is 12.8. The van der Waals surface area contributed by atoms with E-state index in [4.69, 9.17) is 0 Å². The molecule has 9 nitrogen and oxygen atoms in total. The number of amides is 1. The molecule has 0 saturated heterocycles. The van der Waals surface area contributed by atoms with Crippen LogP contribution in [0.2, 0.25) is 0 Å². The van der Waals surface area contributed by atoms with Crippen molar-refractivity contribution in [1.29, 1.82) is 0 Å². The monoisotopic (exact) mass is 974 g/mol. The Hall–Kier alpha value is -6.03. The van der Waals surface area contributed by atoms with Crippen LogP contribution in [-0.2, 0) is 57.6 Å². The summed E-state index contributed by atoms with van der Waals surface area (Å²) in [6, 6.07) is 34.5. The number of rotatable bonds is 23. The van der Waals surface area contributed by atoms with Crippen LogP contribution in [0.25, 0.3) is 0 Å². The van der Waals surface area contributed by atoms with Gasteiger partial charge in [0.1, 0.15) is 34.7 Å². The topological polar surface area (TPSA) is 140 Å². The summed E-state index contributed by atoms with van der Waals surface area (Å²) in [6.45, 7) is 15.9. The van der Waals surface area contributed by atoms with Crippen LogP contribution >= 0.6 is 0 Å². The summed E-state index contributed by atoms with van der Waals surface area (Å²) in [5.41, 5.74) is 2.22. The molecule has 2 aliphatic carbocycles. The molecule has 2 aliphatic rings. The SMILES string of the molecule is C.CC(C)CC(=O)C1(C(=O)Cc2ccc(F)cc2)CC1.CC(C)CC(=O)C1(C(=O)Cc2ccccc2)CC1.CC(C)CC(=O)CC(=O)Cc1ccccc1.CC(C)CC(=O)CC(=O)N(C)c1ccccc1. The highest BCUT2D eigenvalue weighted by atomic mass is 19.1. The van der Waals surface area contributed by atoms with Crippen LogP contribution < -0.4 is 4.90 Å². The van der Waals surface area contributed by atoms with Gasteiger partial charge >= 0.3 is 0 Å². The van der Waals surface area contributed by atoms with Gasteiger partial charge in [0.25, 0.3) is 0 Å². The first kappa shape index (κ1) is 61.1. The van der Waals surface area contributed by atoms with Gasteiger partial charge in [-0.1, -0.05) is 154 Å². The van der Waals surface area contributed by atoms with Crippen molar-refractivity contribution in [2.24, 2.45) is 34.5 Å². The first-order chi connectivity index (χ1) is 33.1. The average molecular weight is 974 g/mol. The summed E-state index contributed by atoms with van der Waals surface area (Å²) in [6.07, 6.45) is 5.88. The zero-order valence-electron chi connectivity index (χ0n) is 43.1. The fourth-order valence-electron chi connectivity index (χ4n) is 7.96. The minimum absolute atomic E-state index is 0. The van der Waals surface area contributed by atoms with Crippen molar-refractivity contribution in [2.45, 2.75) is 146 Å². The molecule has 0 unspecified atom stereocenters. The third kappa shape index (κ3) is 21.9. The van der Waals surface area contributed by atoms with Crippen molar-refractivity contribution in [1.82, 2.24) is 0 Å². The quantitative estimate of drug-likeness (QED) is 0.0669. The third-order valence-electron chi connectivity index (χ3n) is 12.1. The highest BCUT2D eigenvalue weighted by Gasteiger charge is 2.55. The van der Waals surface area contributed by atoms with E-state index in [0.717, 1.165) is 35.2 Å². The fraction of sp³-hybridized carbons (Fsp3) is 0.475. The molecule has 71 heavy (non-hydrogen) atoms. The van der Waals surface area contributed by atoms with E-state index >= 15 is 0 Å². The van der Waals surface area contributed by atoms with Gasteiger partial charge in [0.2, 0.25) is 5.91 Å². The minimum atomic E-state index is -0.724. The summed E-state index contributed by atoms with van der Waals surface area (Å²) in [4.78, 5) is 96.8. The Kier molecular flexibility index (Phi) is 25.8. The number of ketones is 7. The molecule has 0 heterocycles. The van der Waals surface area contributed by atoms with Crippen molar-refractivity contribution in [3.63, 3.8) is 0 Å². The van der Waals surface area contributed by atoms with E-state index in [1.165, 1.54) is 17.0 Å². The number of carbonyl (C=O) groups is 8. The highest BCUT2D eigenvalue weighted by molar-refractivity contribution is 6.11. The van der Waals surface area contributed by atoms with Crippen LogP contribution in [0.1, 0.15) is 144 Å². The zero-order chi connectivity index (χ0) is 52.0. The van der Waals surface area contributed by atoms with Gasteiger partial charge in [-0.25, -0.2) is 4.39 Å². The highest BCUT2D eigenvalue weighted by Crippen LogP contribution is 2.50. The van der Waals surface area contributed by atoms with E-state index < -0.39 is 10.8 Å². The fourth-order valence-corrected chi connectivity index (χ4v) is 7.96. The molecule has 10 heteroatoms. The number of halogens is 1. The van der Waals surface area contributed by atoms with Gasteiger partial charge in [-0.05, 0) is 90.3 Å². The van der Waals surface area contributed by atoms with Gasteiger partial charge in [-0.2, -0.15) is 0 Å². The summed E-state index contributed by atoms with van der Waals surface area (Å²) in [7, 11) is 1.69. The molecule has 0 bridgehead atoms. The first-order valence-electron chi connectivity index (χ1n) is 24.9. The Morgan fingerprint density at radius 1 is 0.437 bits per heavy atom. The lowest BCUT2D eigenvalue weighted by atomic mass is 9.87. The van der Waals surface area contributed by atoms with Crippen LogP contribution in [0.3, 0.4) is 0 Å². The molecule has 2 fully saturated rings. The molecule has 4 aromatic carbocycles. The zero-order valence-corrected chi connectivity index (χ0v) is 43.1. The van der Waals surface area contributed by atoms with Crippen molar-refractivity contribution < 1.29 is 42.7 Å². The summed E-state index contributed by atoms with van der Waals surface area (Å²) in [5.74, 6) is 1.19. The van der Waals surface area contributed by atoms with Crippen molar-refractivity contribution in [3.05, 3.63) is 138 Å². The number of benzene rings is 4. The number of para-hydroxylation sites is 1. The van der Waals surface area contributed by atoms with E-state index in [1.807, 2.05) is 146 Å². The number of hydrogen-bond acceptors (Lipinski definition) is 8. The molecule has 0 aliphatic heterocycles. The van der Waals surface area contributed by atoms with Gasteiger partial charge < -0.3 is 4.90 Å². The summed E-state index contributed by atoms with van der Waals surface area (Å²) in [5, 5.41) is 0. The number of nitrogens with zero attached hydrogens (tertiary/aromatic N) is 1. The lowest BCUT2D eigenvalue weighted by Gasteiger charge is -2.17. The van der Waals surface area contributed by atoms with Gasteiger partial charge in [0.15, 0.2) is 11.6 Å². The second-order valence-corrected chi connectivity index (χ2v) is 20.6. The largest absolute Gasteiger partial charge is 0.315 e. The maximum atomic E-state index is 12.8. The molecule has 384 valence electrons. The van der Waals surface area contributed by atoms with E-state index in [1.54, 1.807) is 19.2 Å². The van der Waals surface area contributed by atoms with Crippen molar-refractivity contribution >= 4 is 52.1 Å². The molecule has 0 N–H and O–H groups in total. The normalized spacial score (nSPS) is 13.4. The van der Waals surface area contributed by atoms with Crippen LogP contribution in [-0.4, -0.2) is 53.4 Å². The second kappa shape index (κ2) is 30.0. The maximum Gasteiger partial charge on any atom is 0.234 e. The predicted octanol–water partition coefficient (Wildman–Crippen LogP) is 12.6. The standard InChI is InChI=1S/C16H19FO2.C16H20O2.C14H19NO2.C14H18O2.CH4/c1-11(2)9-14(18)16(7-8-16)15(19)10-12-3-5-13(17)6-4-12;1-12(2)10-14(17)16(8-9-16)15(18)11-13-6-4-3-5-7-13;1-11(2)9-13(16)10-14(17)15(3)12-7-5-4-6-8-12;1-11(2)8-13(15)10-14(16)9-12-6-4-3-5-7-12;/h3-6,11H,7-10H2,1-2H3;3-7,12H,8-11H2,1-2H3;4-8,11H,9-10H2,1-3H3;3-7,11H,8-10H2,1-2H3;1H4. The van der Waals surface area contributed by atoms with Gasteiger partial charge in [-0.3, -0.25) is 38.4 Å². The second-order valence-electron chi connectivity index (χ2n) is 20.6. The van der Waals surface area contributed by atoms with E-state index in [2.05, 4.69) is 0 Å².